The van der Waals surface area contributed by atoms with Crippen molar-refractivity contribution in [2.45, 2.75) is 31.3 Å². The summed E-state index contributed by atoms with van der Waals surface area (Å²) >= 11 is 7.40. The number of halogens is 1. The van der Waals surface area contributed by atoms with E-state index in [-0.39, 0.29) is 16.0 Å². The minimum atomic E-state index is -3.29. The smallest absolute Gasteiger partial charge is 0.176 e. The minimum Gasteiger partial charge on any atom is -0.305 e. The van der Waals surface area contributed by atoms with E-state index in [9.17, 15) is 8.42 Å². The van der Waals surface area contributed by atoms with Gasteiger partial charge in [0.1, 0.15) is 0 Å². The molecule has 114 valence electrons. The van der Waals surface area contributed by atoms with Gasteiger partial charge in [-0.1, -0.05) is 22.2 Å². The van der Waals surface area contributed by atoms with Crippen molar-refractivity contribution in [3.05, 3.63) is 39.4 Å². The first kappa shape index (κ1) is 16.4. The highest BCUT2D eigenvalue weighted by atomic mass is 35.5. The molecule has 1 aromatic carbocycles. The van der Waals surface area contributed by atoms with Crippen LogP contribution in [0.5, 0.6) is 0 Å². The predicted molar refractivity (Wildman–Crippen MR) is 84.5 cm³/mol. The summed E-state index contributed by atoms with van der Waals surface area (Å²) in [4.78, 5) is 1.25. The molecule has 0 spiro atoms. The zero-order valence-electron chi connectivity index (χ0n) is 11.9. The molecule has 21 heavy (non-hydrogen) atoms. The molecule has 0 fully saturated rings. The van der Waals surface area contributed by atoms with E-state index < -0.39 is 9.84 Å². The van der Waals surface area contributed by atoms with Crippen molar-refractivity contribution in [2.75, 3.05) is 6.26 Å². The lowest BCUT2D eigenvalue weighted by Crippen LogP contribution is -2.18. The van der Waals surface area contributed by atoms with Gasteiger partial charge in [-0.05, 0) is 43.1 Å². The van der Waals surface area contributed by atoms with E-state index in [0.29, 0.717) is 6.54 Å². The van der Waals surface area contributed by atoms with Gasteiger partial charge in [0.2, 0.25) is 0 Å². The number of sulfone groups is 1. The Balaban J connectivity index is 2.08. The van der Waals surface area contributed by atoms with E-state index in [4.69, 9.17) is 11.6 Å². The minimum absolute atomic E-state index is 0.123. The molecule has 1 aromatic heterocycles. The summed E-state index contributed by atoms with van der Waals surface area (Å²) in [5, 5.41) is 7.59. The number of benzene rings is 1. The lowest BCUT2D eigenvalue weighted by atomic mass is 10.2. The fourth-order valence-corrected chi connectivity index (χ4v) is 3.97. The first-order valence-corrected chi connectivity index (χ1v) is 9.34. The van der Waals surface area contributed by atoms with Gasteiger partial charge in [-0.25, -0.2) is 8.42 Å². The number of nitrogens with one attached hydrogen (secondary N) is 1. The highest BCUT2D eigenvalue weighted by Gasteiger charge is 2.14. The highest BCUT2D eigenvalue weighted by Crippen LogP contribution is 2.24. The van der Waals surface area contributed by atoms with Crippen molar-refractivity contribution in [3.8, 4) is 0 Å². The van der Waals surface area contributed by atoms with Crippen LogP contribution in [0.2, 0.25) is 5.02 Å². The Bertz CT molecular complexity index is 744. The maximum absolute atomic E-state index is 11.5. The first-order chi connectivity index (χ1) is 9.79. The lowest BCUT2D eigenvalue weighted by Gasteiger charge is -2.13. The summed E-state index contributed by atoms with van der Waals surface area (Å²) in [5.41, 5.74) is 1.85. The highest BCUT2D eigenvalue weighted by molar-refractivity contribution is 7.90. The summed E-state index contributed by atoms with van der Waals surface area (Å²) in [6, 6.07) is 5.10. The number of aromatic nitrogens is 2. The Morgan fingerprint density at radius 3 is 2.67 bits per heavy atom. The molecule has 0 aliphatic rings. The summed E-state index contributed by atoms with van der Waals surface area (Å²) < 4.78 is 26.9. The van der Waals surface area contributed by atoms with E-state index >= 15 is 0 Å². The molecule has 1 atom stereocenters. The van der Waals surface area contributed by atoms with Gasteiger partial charge in [-0.2, -0.15) is 0 Å². The molecule has 5 nitrogen and oxygen atoms in total. The fraction of sp³-hybridized carbons (Fsp3) is 0.385. The van der Waals surface area contributed by atoms with Crippen LogP contribution >= 0.6 is 23.1 Å². The maximum Gasteiger partial charge on any atom is 0.176 e. The Hall–Kier alpha value is -1.02. The second kappa shape index (κ2) is 6.39. The number of rotatable bonds is 5. The number of nitrogens with zero attached hydrogens (tertiary/aromatic N) is 2. The third-order valence-electron chi connectivity index (χ3n) is 3.09. The quantitative estimate of drug-likeness (QED) is 0.902. The van der Waals surface area contributed by atoms with Crippen LogP contribution in [0.15, 0.2) is 23.1 Å². The molecule has 2 aromatic rings. The molecule has 8 heteroatoms. The van der Waals surface area contributed by atoms with E-state index in [2.05, 4.69) is 14.9 Å². The molecule has 0 saturated heterocycles. The molecular formula is C13H16ClN3O2S2. The Morgan fingerprint density at radius 2 is 2.14 bits per heavy atom. The fourth-order valence-electron chi connectivity index (χ4n) is 1.95. The Kier molecular flexibility index (Phi) is 4.98. The molecular weight excluding hydrogens is 330 g/mol. The van der Waals surface area contributed by atoms with Crippen LogP contribution in [0.3, 0.4) is 0 Å². The third-order valence-corrected chi connectivity index (χ3v) is 5.68. The average Bonchev–Trinajstić information content (AvgIpc) is 2.81. The molecule has 2 rings (SSSR count). The molecule has 1 heterocycles. The van der Waals surface area contributed by atoms with Crippen molar-refractivity contribution in [2.24, 2.45) is 0 Å². The predicted octanol–water partition coefficient (Wildman–Crippen LogP) is 2.75. The van der Waals surface area contributed by atoms with Crippen molar-refractivity contribution in [1.82, 2.24) is 14.9 Å². The number of hydrogen-bond donors (Lipinski definition) is 1. The largest absolute Gasteiger partial charge is 0.305 e. The van der Waals surface area contributed by atoms with Gasteiger partial charge in [-0.3, -0.25) is 0 Å². The molecule has 0 radical (unpaired) electrons. The van der Waals surface area contributed by atoms with Crippen molar-refractivity contribution in [3.63, 3.8) is 0 Å². The normalized spacial score (nSPS) is 13.3. The summed E-state index contributed by atoms with van der Waals surface area (Å²) in [5.74, 6) is 0. The standard InChI is InChI=1S/C13H16ClN3O2S2/c1-8(13-9(2)16-17-20-13)15-7-10-4-5-12(11(14)6-10)21(3,18)19/h4-6,8,15H,7H2,1-3H3. The number of hydrogen-bond acceptors (Lipinski definition) is 6. The van der Waals surface area contributed by atoms with Gasteiger partial charge in [-0.15, -0.1) is 5.10 Å². The molecule has 0 amide bonds. The van der Waals surface area contributed by atoms with Crippen LogP contribution in [0.25, 0.3) is 0 Å². The summed E-state index contributed by atoms with van der Waals surface area (Å²) in [7, 11) is -3.29. The van der Waals surface area contributed by atoms with E-state index in [1.807, 2.05) is 13.8 Å². The zero-order valence-corrected chi connectivity index (χ0v) is 14.3. The monoisotopic (exact) mass is 345 g/mol. The first-order valence-electron chi connectivity index (χ1n) is 6.29. The van der Waals surface area contributed by atoms with Gasteiger partial charge in [0.05, 0.1) is 20.5 Å². The summed E-state index contributed by atoms with van der Waals surface area (Å²) in [6.07, 6.45) is 1.15. The molecule has 1 unspecified atom stereocenters. The zero-order chi connectivity index (χ0) is 15.6. The molecule has 0 aliphatic heterocycles. The van der Waals surface area contributed by atoms with Gasteiger partial charge in [0, 0.05) is 18.8 Å². The van der Waals surface area contributed by atoms with E-state index in [0.717, 1.165) is 22.4 Å². The average molecular weight is 346 g/mol. The van der Waals surface area contributed by atoms with Gasteiger partial charge in [0.25, 0.3) is 0 Å². The van der Waals surface area contributed by atoms with Crippen LogP contribution < -0.4 is 5.32 Å². The van der Waals surface area contributed by atoms with Crippen LogP contribution in [0.1, 0.15) is 29.1 Å². The van der Waals surface area contributed by atoms with Crippen molar-refractivity contribution < 1.29 is 8.42 Å². The SMILES string of the molecule is Cc1nnsc1C(C)NCc1ccc(S(C)(=O)=O)c(Cl)c1. The van der Waals surface area contributed by atoms with Crippen LogP contribution in [-0.4, -0.2) is 24.3 Å². The topological polar surface area (TPSA) is 72.0 Å². The Labute approximate surface area is 133 Å². The number of aryl methyl sites for hydroxylation is 1. The summed E-state index contributed by atoms with van der Waals surface area (Å²) in [6.45, 7) is 4.55. The second-order valence-electron chi connectivity index (χ2n) is 4.86. The molecule has 0 bridgehead atoms. The van der Waals surface area contributed by atoms with Crippen LogP contribution in [0.4, 0.5) is 0 Å². The molecule has 1 N–H and O–H groups in total. The van der Waals surface area contributed by atoms with Crippen LogP contribution in [-0.2, 0) is 16.4 Å². The van der Waals surface area contributed by atoms with E-state index in [1.54, 1.807) is 18.2 Å². The van der Waals surface area contributed by atoms with Crippen molar-refractivity contribution >= 4 is 33.0 Å². The van der Waals surface area contributed by atoms with Crippen LogP contribution in [0, 0.1) is 6.92 Å². The van der Waals surface area contributed by atoms with Gasteiger partial charge < -0.3 is 5.32 Å². The van der Waals surface area contributed by atoms with Crippen molar-refractivity contribution in [1.29, 1.82) is 0 Å². The van der Waals surface area contributed by atoms with Gasteiger partial charge >= 0.3 is 0 Å². The Morgan fingerprint density at radius 1 is 1.43 bits per heavy atom. The van der Waals surface area contributed by atoms with E-state index in [1.165, 1.54) is 11.5 Å². The van der Waals surface area contributed by atoms with Gasteiger partial charge in [0.15, 0.2) is 9.84 Å². The second-order valence-corrected chi connectivity index (χ2v) is 8.04. The third kappa shape index (κ3) is 4.00. The molecule has 0 aliphatic carbocycles. The lowest BCUT2D eigenvalue weighted by molar-refractivity contribution is 0.579. The maximum atomic E-state index is 11.5. The molecule has 0 saturated carbocycles.